The lowest BCUT2D eigenvalue weighted by Gasteiger charge is -1.94. The minimum atomic E-state index is 0.0266. The van der Waals surface area contributed by atoms with Gasteiger partial charge < -0.3 is 0 Å². The number of hydrogen-bond donors (Lipinski definition) is 0. The third kappa shape index (κ3) is 1.11. The number of rotatable bonds is 1. The van der Waals surface area contributed by atoms with Gasteiger partial charge in [0, 0.05) is 5.22 Å². The highest BCUT2D eigenvalue weighted by atomic mass is 16.1. The van der Waals surface area contributed by atoms with Gasteiger partial charge in [-0.15, -0.1) is 0 Å². The summed E-state index contributed by atoms with van der Waals surface area (Å²) in [6.07, 6.45) is 0. The summed E-state index contributed by atoms with van der Waals surface area (Å²) in [6.45, 7) is 5.29. The second-order valence-corrected chi connectivity index (χ2v) is 3.01. The molecule has 2 rings (SSSR count). The molecule has 0 unspecified atom stereocenters. The normalized spacial score (nSPS) is 13.9. The van der Waals surface area contributed by atoms with Gasteiger partial charge in [-0.1, -0.05) is 24.8 Å². The average Bonchev–Trinajstić information content (AvgIpc) is 2.39. The van der Waals surface area contributed by atoms with Gasteiger partial charge in [0.25, 0.3) is 0 Å². The lowest BCUT2D eigenvalue weighted by molar-refractivity contribution is -0.111. The van der Waals surface area contributed by atoms with E-state index in [1.54, 1.807) is 0 Å². The molecule has 1 heterocycles. The van der Waals surface area contributed by atoms with Gasteiger partial charge in [-0.05, 0) is 13.0 Å². The molecular formula is C11H9NO. The zero-order chi connectivity index (χ0) is 9.42. The molecule has 0 bridgehead atoms. The van der Waals surface area contributed by atoms with Crippen LogP contribution in [0.25, 0.3) is 5.57 Å². The lowest BCUT2D eigenvalue weighted by Crippen LogP contribution is -2.23. The molecule has 0 saturated heterocycles. The first-order chi connectivity index (χ1) is 6.20. The Kier molecular flexibility index (Phi) is 1.62. The zero-order valence-corrected chi connectivity index (χ0v) is 7.37. The molecule has 2 heteroatoms. The van der Waals surface area contributed by atoms with E-state index in [0.717, 1.165) is 10.6 Å². The maximum absolute atomic E-state index is 11.3. The topological polar surface area (TPSA) is 29.4 Å². The number of carbonyl (C=O) groups is 1. The van der Waals surface area contributed by atoms with Crippen LogP contribution >= 0.6 is 0 Å². The van der Waals surface area contributed by atoms with Crippen LogP contribution in [0.1, 0.15) is 6.92 Å². The number of para-hydroxylation sites is 1. The van der Waals surface area contributed by atoms with Gasteiger partial charge in [-0.25, -0.2) is 4.99 Å². The maximum Gasteiger partial charge on any atom is 0.162 e. The maximum atomic E-state index is 11.3. The molecule has 0 spiro atoms. The monoisotopic (exact) mass is 171 g/mol. The van der Waals surface area contributed by atoms with E-state index in [0.29, 0.717) is 11.3 Å². The van der Waals surface area contributed by atoms with Gasteiger partial charge in [0.1, 0.15) is 0 Å². The number of allylic oxidation sites excluding steroid dienone is 1. The van der Waals surface area contributed by atoms with Crippen molar-refractivity contribution in [2.75, 3.05) is 0 Å². The molecule has 0 N–H and O–H groups in total. The largest absolute Gasteiger partial charge is 0.294 e. The number of hydrogen-bond acceptors (Lipinski definition) is 2. The predicted molar refractivity (Wildman–Crippen MR) is 50.5 cm³/mol. The van der Waals surface area contributed by atoms with Gasteiger partial charge in [-0.3, -0.25) is 4.79 Å². The smallest absolute Gasteiger partial charge is 0.162 e. The summed E-state index contributed by atoms with van der Waals surface area (Å²) in [6, 6.07) is 7.58. The van der Waals surface area contributed by atoms with Crippen molar-refractivity contribution in [2.24, 2.45) is 4.99 Å². The first-order valence-electron chi connectivity index (χ1n) is 4.08. The number of Topliss-reactive ketones (excluding diaryl/α,β-unsaturated/α-hetero) is 1. The molecule has 0 fully saturated rings. The molecule has 0 radical (unpaired) electrons. The minimum absolute atomic E-state index is 0.0266. The van der Waals surface area contributed by atoms with Crippen LogP contribution in [-0.4, -0.2) is 5.78 Å². The molecule has 1 aliphatic heterocycles. The van der Waals surface area contributed by atoms with Crippen LogP contribution < -0.4 is 10.6 Å². The Morgan fingerprint density at radius 2 is 2.08 bits per heavy atom. The van der Waals surface area contributed by atoms with E-state index < -0.39 is 0 Å². The second kappa shape index (κ2) is 2.66. The summed E-state index contributed by atoms with van der Waals surface area (Å²) >= 11 is 0. The fourth-order valence-corrected chi connectivity index (χ4v) is 1.53. The molecule has 1 aromatic rings. The Hall–Kier alpha value is -1.70. The van der Waals surface area contributed by atoms with Crippen molar-refractivity contribution < 1.29 is 4.79 Å². The third-order valence-electron chi connectivity index (χ3n) is 2.07. The molecule has 2 nitrogen and oxygen atoms in total. The van der Waals surface area contributed by atoms with E-state index in [1.807, 2.05) is 24.3 Å². The van der Waals surface area contributed by atoms with Crippen LogP contribution in [0.2, 0.25) is 0 Å². The first kappa shape index (κ1) is 7.92. The van der Waals surface area contributed by atoms with E-state index in [1.165, 1.54) is 6.92 Å². The fraction of sp³-hybridized carbons (Fsp3) is 0.0909. The third-order valence-corrected chi connectivity index (χ3v) is 2.07. The van der Waals surface area contributed by atoms with E-state index in [4.69, 9.17) is 0 Å². The number of nitrogens with zero attached hydrogens (tertiary/aromatic N) is 1. The highest BCUT2D eigenvalue weighted by molar-refractivity contribution is 6.19. The van der Waals surface area contributed by atoms with E-state index in [-0.39, 0.29) is 5.78 Å². The first-order valence-corrected chi connectivity index (χ1v) is 4.08. The van der Waals surface area contributed by atoms with Crippen molar-refractivity contribution in [3.05, 3.63) is 47.1 Å². The lowest BCUT2D eigenvalue weighted by atomic mass is 10.1. The molecule has 0 atom stereocenters. The van der Waals surface area contributed by atoms with Crippen LogP contribution in [0.3, 0.4) is 0 Å². The average molecular weight is 171 g/mol. The summed E-state index contributed by atoms with van der Waals surface area (Å²) < 4.78 is 0. The van der Waals surface area contributed by atoms with E-state index in [9.17, 15) is 4.79 Å². The molecule has 0 aliphatic carbocycles. The van der Waals surface area contributed by atoms with Crippen LogP contribution in [0, 0.1) is 0 Å². The molecule has 1 aliphatic rings. The quantitative estimate of drug-likeness (QED) is 0.607. The SMILES string of the molecule is C=C1N=c2ccccc2=C1C(C)=O. The summed E-state index contributed by atoms with van der Waals surface area (Å²) in [5, 5.41) is 1.75. The molecule has 64 valence electrons. The highest BCUT2D eigenvalue weighted by Gasteiger charge is 2.13. The van der Waals surface area contributed by atoms with Crippen molar-refractivity contribution in [2.45, 2.75) is 6.92 Å². The molecular weight excluding hydrogens is 162 g/mol. The van der Waals surface area contributed by atoms with Crippen molar-refractivity contribution in [1.82, 2.24) is 0 Å². The molecule has 13 heavy (non-hydrogen) atoms. The summed E-state index contributed by atoms with van der Waals surface area (Å²) in [4.78, 5) is 15.5. The Morgan fingerprint density at radius 1 is 1.38 bits per heavy atom. The van der Waals surface area contributed by atoms with Crippen LogP contribution in [0.15, 0.2) is 41.5 Å². The predicted octanol–water partition coefficient (Wildman–Crippen LogP) is 0.573. The highest BCUT2D eigenvalue weighted by Crippen LogP contribution is 2.11. The van der Waals surface area contributed by atoms with Crippen molar-refractivity contribution in [3.63, 3.8) is 0 Å². The Balaban J connectivity index is 2.92. The number of carbonyl (C=O) groups excluding carboxylic acids is 1. The van der Waals surface area contributed by atoms with E-state index in [2.05, 4.69) is 11.6 Å². The minimum Gasteiger partial charge on any atom is -0.294 e. The van der Waals surface area contributed by atoms with Crippen LogP contribution in [0.4, 0.5) is 0 Å². The molecule has 0 aromatic heterocycles. The zero-order valence-electron chi connectivity index (χ0n) is 7.37. The standard InChI is InChI=1S/C11H9NO/c1-7-11(8(2)13)9-5-3-4-6-10(9)12-7/h3-6H,1H2,2H3. The Bertz CT molecular complexity index is 511. The van der Waals surface area contributed by atoms with Crippen molar-refractivity contribution in [1.29, 1.82) is 0 Å². The fourth-order valence-electron chi connectivity index (χ4n) is 1.53. The van der Waals surface area contributed by atoms with Gasteiger partial charge in [0.05, 0.1) is 16.6 Å². The van der Waals surface area contributed by atoms with Gasteiger partial charge in [0.2, 0.25) is 0 Å². The summed E-state index contributed by atoms with van der Waals surface area (Å²) in [5.74, 6) is 0.0266. The van der Waals surface area contributed by atoms with Crippen molar-refractivity contribution >= 4 is 11.4 Å². The van der Waals surface area contributed by atoms with E-state index >= 15 is 0 Å². The molecule has 1 aromatic carbocycles. The second-order valence-electron chi connectivity index (χ2n) is 3.01. The summed E-state index contributed by atoms with van der Waals surface area (Å²) in [7, 11) is 0. The number of fused-ring (bicyclic) bond motifs is 1. The molecule has 0 saturated carbocycles. The van der Waals surface area contributed by atoms with Gasteiger partial charge in [0.15, 0.2) is 5.78 Å². The van der Waals surface area contributed by atoms with Crippen LogP contribution in [0.5, 0.6) is 0 Å². The Morgan fingerprint density at radius 3 is 2.77 bits per heavy atom. The van der Waals surface area contributed by atoms with Crippen molar-refractivity contribution in [3.8, 4) is 0 Å². The van der Waals surface area contributed by atoms with Crippen LogP contribution in [-0.2, 0) is 4.79 Å². The summed E-state index contributed by atoms with van der Waals surface area (Å²) in [5.41, 5.74) is 1.23. The number of ketones is 1. The van der Waals surface area contributed by atoms with Gasteiger partial charge >= 0.3 is 0 Å². The molecule has 0 amide bonds. The number of benzene rings is 1. The van der Waals surface area contributed by atoms with Gasteiger partial charge in [-0.2, -0.15) is 0 Å². The Labute approximate surface area is 75.9 Å².